The summed E-state index contributed by atoms with van der Waals surface area (Å²) in [5, 5.41) is 12.1. The van der Waals surface area contributed by atoms with Crippen LogP contribution < -0.4 is 0 Å². The van der Waals surface area contributed by atoms with E-state index in [0.29, 0.717) is 6.42 Å². The number of carboxylic acid groups (broad SMARTS) is 1. The monoisotopic (exact) mass is 173 g/mol. The molecule has 0 amide bonds. The number of oxime groups is 1. The molecule has 1 N–H and O–H groups in total. The maximum absolute atomic E-state index is 10.6. The molecule has 0 radical (unpaired) electrons. The van der Waals surface area contributed by atoms with Gasteiger partial charge in [-0.1, -0.05) is 12.1 Å². The lowest BCUT2D eigenvalue weighted by molar-refractivity contribution is -0.130. The molecule has 1 aliphatic heterocycles. The number of hydrogen-bond acceptors (Lipinski definition) is 4. The number of nitrogens with zero attached hydrogens (tertiary/aromatic N) is 1. The Bertz CT molecular complexity index is 219. The summed E-state index contributed by atoms with van der Waals surface area (Å²) in [6.07, 6.45) is 0.536. The Morgan fingerprint density at radius 3 is 2.92 bits per heavy atom. The number of aliphatic carboxylic acids is 1. The van der Waals surface area contributed by atoms with E-state index in [-0.39, 0.29) is 12.3 Å². The topological polar surface area (TPSA) is 68.1 Å². The molecule has 5 heteroatoms. The fourth-order valence-electron chi connectivity index (χ4n) is 1.16. The van der Waals surface area contributed by atoms with Crippen LogP contribution in [0.25, 0.3) is 0 Å². The highest BCUT2D eigenvalue weighted by molar-refractivity contribution is 6.39. The van der Waals surface area contributed by atoms with Crippen molar-refractivity contribution in [1.29, 1.82) is 0 Å². The molecule has 0 fully saturated rings. The van der Waals surface area contributed by atoms with Crippen LogP contribution in [0.2, 0.25) is 0 Å². The van der Waals surface area contributed by atoms with Crippen molar-refractivity contribution in [2.75, 3.05) is 13.7 Å². The third-order valence-corrected chi connectivity index (χ3v) is 2.05. The SMILES string of the molecule is CCC1(OC)CON=C1C(=O)O. The average molecular weight is 173 g/mol. The molecule has 5 nitrogen and oxygen atoms in total. The van der Waals surface area contributed by atoms with Crippen LogP contribution in [-0.4, -0.2) is 36.1 Å². The van der Waals surface area contributed by atoms with Gasteiger partial charge < -0.3 is 14.7 Å². The number of carbonyl (C=O) groups is 1. The first kappa shape index (κ1) is 8.99. The zero-order chi connectivity index (χ0) is 9.19. The first-order chi connectivity index (χ1) is 5.66. The number of methoxy groups -OCH3 is 1. The lowest BCUT2D eigenvalue weighted by atomic mass is 9.96. The molecule has 0 spiro atoms. The van der Waals surface area contributed by atoms with E-state index in [1.165, 1.54) is 7.11 Å². The van der Waals surface area contributed by atoms with E-state index >= 15 is 0 Å². The summed E-state index contributed by atoms with van der Waals surface area (Å²) in [5.74, 6) is -1.09. The normalized spacial score (nSPS) is 28.0. The average Bonchev–Trinajstić information content (AvgIpc) is 2.48. The molecular formula is C7H11NO4. The number of ether oxygens (including phenoxy) is 1. The third-order valence-electron chi connectivity index (χ3n) is 2.05. The van der Waals surface area contributed by atoms with Gasteiger partial charge in [0.2, 0.25) is 0 Å². The highest BCUT2D eigenvalue weighted by Crippen LogP contribution is 2.23. The highest BCUT2D eigenvalue weighted by atomic mass is 16.7. The first-order valence-electron chi connectivity index (χ1n) is 3.65. The van der Waals surface area contributed by atoms with Crippen molar-refractivity contribution < 1.29 is 19.5 Å². The van der Waals surface area contributed by atoms with Gasteiger partial charge in [0.1, 0.15) is 0 Å². The Kier molecular flexibility index (Phi) is 2.32. The van der Waals surface area contributed by atoms with Crippen molar-refractivity contribution in [3.8, 4) is 0 Å². The Labute approximate surface area is 70.0 Å². The molecule has 0 aromatic rings. The number of rotatable bonds is 3. The van der Waals surface area contributed by atoms with Gasteiger partial charge in [-0.05, 0) is 6.42 Å². The minimum Gasteiger partial charge on any atom is -0.477 e. The minimum atomic E-state index is -1.09. The minimum absolute atomic E-state index is 0.0486. The lowest BCUT2D eigenvalue weighted by Crippen LogP contribution is -2.44. The molecule has 1 aliphatic rings. The second kappa shape index (κ2) is 3.10. The predicted molar refractivity (Wildman–Crippen MR) is 41.1 cm³/mol. The number of carboxylic acids is 1. The Balaban J connectivity index is 2.91. The van der Waals surface area contributed by atoms with E-state index in [1.54, 1.807) is 0 Å². The molecule has 68 valence electrons. The summed E-state index contributed by atoms with van der Waals surface area (Å²) >= 11 is 0. The van der Waals surface area contributed by atoms with Crippen LogP contribution in [0, 0.1) is 0 Å². The van der Waals surface area contributed by atoms with E-state index in [2.05, 4.69) is 5.16 Å². The fourth-order valence-corrected chi connectivity index (χ4v) is 1.16. The Hall–Kier alpha value is -1.10. The standard InChI is InChI=1S/C7H11NO4/c1-3-7(11-2)4-12-8-5(7)6(9)10/h3-4H2,1-2H3,(H,9,10). The molecule has 1 atom stereocenters. The Morgan fingerprint density at radius 1 is 1.92 bits per heavy atom. The van der Waals surface area contributed by atoms with E-state index < -0.39 is 11.6 Å². The summed E-state index contributed by atoms with van der Waals surface area (Å²) in [6.45, 7) is 2.01. The van der Waals surface area contributed by atoms with Crippen LogP contribution in [0.1, 0.15) is 13.3 Å². The molecule has 0 bridgehead atoms. The van der Waals surface area contributed by atoms with Crippen LogP contribution in [0.5, 0.6) is 0 Å². The van der Waals surface area contributed by atoms with Crippen molar-refractivity contribution in [3.05, 3.63) is 0 Å². The summed E-state index contributed by atoms with van der Waals surface area (Å²) in [7, 11) is 1.46. The molecule has 0 saturated heterocycles. The zero-order valence-electron chi connectivity index (χ0n) is 7.03. The van der Waals surface area contributed by atoms with Crippen molar-refractivity contribution in [1.82, 2.24) is 0 Å². The maximum atomic E-state index is 10.6. The van der Waals surface area contributed by atoms with Gasteiger partial charge in [0.05, 0.1) is 0 Å². The lowest BCUT2D eigenvalue weighted by Gasteiger charge is -2.22. The van der Waals surface area contributed by atoms with Crippen LogP contribution in [0.15, 0.2) is 5.16 Å². The van der Waals surface area contributed by atoms with E-state index in [4.69, 9.17) is 14.7 Å². The fraction of sp³-hybridized carbons (Fsp3) is 0.714. The summed E-state index contributed by atoms with van der Waals surface area (Å²) in [5.41, 5.74) is -0.904. The Morgan fingerprint density at radius 2 is 2.58 bits per heavy atom. The van der Waals surface area contributed by atoms with Crippen molar-refractivity contribution in [2.45, 2.75) is 18.9 Å². The van der Waals surface area contributed by atoms with Crippen molar-refractivity contribution >= 4 is 11.7 Å². The molecule has 1 unspecified atom stereocenters. The van der Waals surface area contributed by atoms with Crippen molar-refractivity contribution in [3.63, 3.8) is 0 Å². The van der Waals surface area contributed by atoms with Crippen molar-refractivity contribution in [2.24, 2.45) is 5.16 Å². The van der Waals surface area contributed by atoms with Gasteiger partial charge in [-0.25, -0.2) is 4.79 Å². The van der Waals surface area contributed by atoms with Crippen LogP contribution in [0.4, 0.5) is 0 Å². The molecule has 0 aromatic carbocycles. The molecular weight excluding hydrogens is 162 g/mol. The second-order valence-electron chi connectivity index (χ2n) is 2.57. The van der Waals surface area contributed by atoms with Gasteiger partial charge in [0.15, 0.2) is 17.9 Å². The molecule has 12 heavy (non-hydrogen) atoms. The zero-order valence-corrected chi connectivity index (χ0v) is 7.03. The highest BCUT2D eigenvalue weighted by Gasteiger charge is 2.44. The van der Waals surface area contributed by atoms with Crippen LogP contribution in [-0.2, 0) is 14.4 Å². The molecule has 1 rings (SSSR count). The quantitative estimate of drug-likeness (QED) is 0.664. The van der Waals surface area contributed by atoms with E-state index in [1.807, 2.05) is 6.92 Å². The van der Waals surface area contributed by atoms with Gasteiger partial charge >= 0.3 is 5.97 Å². The van der Waals surface area contributed by atoms with Gasteiger partial charge in [-0.15, -0.1) is 0 Å². The van der Waals surface area contributed by atoms with Gasteiger partial charge in [-0.3, -0.25) is 0 Å². The summed E-state index contributed by atoms with van der Waals surface area (Å²) in [6, 6.07) is 0. The van der Waals surface area contributed by atoms with Crippen LogP contribution >= 0.6 is 0 Å². The second-order valence-corrected chi connectivity index (χ2v) is 2.57. The molecule has 0 saturated carbocycles. The third kappa shape index (κ3) is 1.16. The molecule has 0 aliphatic carbocycles. The predicted octanol–water partition coefficient (Wildman–Crippen LogP) is 0.252. The summed E-state index contributed by atoms with van der Waals surface area (Å²) < 4.78 is 5.09. The van der Waals surface area contributed by atoms with Gasteiger partial charge in [-0.2, -0.15) is 0 Å². The summed E-state index contributed by atoms with van der Waals surface area (Å²) in [4.78, 5) is 15.3. The smallest absolute Gasteiger partial charge is 0.356 e. The molecule has 0 aromatic heterocycles. The van der Waals surface area contributed by atoms with Gasteiger partial charge in [0, 0.05) is 7.11 Å². The molecule has 1 heterocycles. The van der Waals surface area contributed by atoms with Crippen LogP contribution in [0.3, 0.4) is 0 Å². The van der Waals surface area contributed by atoms with Gasteiger partial charge in [0.25, 0.3) is 0 Å². The van der Waals surface area contributed by atoms with E-state index in [9.17, 15) is 4.79 Å². The van der Waals surface area contributed by atoms with E-state index in [0.717, 1.165) is 0 Å². The number of hydrogen-bond donors (Lipinski definition) is 1. The first-order valence-corrected chi connectivity index (χ1v) is 3.65. The largest absolute Gasteiger partial charge is 0.477 e. The maximum Gasteiger partial charge on any atom is 0.356 e.